The van der Waals surface area contributed by atoms with Gasteiger partial charge in [-0.1, -0.05) is 6.08 Å². The largest absolute Gasteiger partial charge is 0.387 e. The molecule has 0 unspecified atom stereocenters. The van der Waals surface area contributed by atoms with Crippen molar-refractivity contribution in [3.8, 4) is 10.6 Å². The number of fused-ring (bicyclic) bond motifs is 1. The number of hydrogen-bond donors (Lipinski definition) is 1. The summed E-state index contributed by atoms with van der Waals surface area (Å²) in [6.45, 7) is 4.24. The lowest BCUT2D eigenvalue weighted by atomic mass is 10.1. The predicted molar refractivity (Wildman–Crippen MR) is 111 cm³/mol. The van der Waals surface area contributed by atoms with Crippen LogP contribution < -0.4 is 5.32 Å². The van der Waals surface area contributed by atoms with Crippen molar-refractivity contribution in [2.75, 3.05) is 19.8 Å². The topological polar surface area (TPSA) is 61.2 Å². The third-order valence-electron chi connectivity index (χ3n) is 5.07. The van der Waals surface area contributed by atoms with Crippen LogP contribution in [0.3, 0.4) is 0 Å². The van der Waals surface area contributed by atoms with Crippen molar-refractivity contribution >= 4 is 27.8 Å². The molecule has 0 saturated carbocycles. The number of nitrogens with zero attached hydrogens (tertiary/aromatic N) is 3. The number of aryl methyl sites for hydroxylation is 2. The zero-order chi connectivity index (χ0) is 19.1. The normalized spacial score (nSPS) is 17.7. The van der Waals surface area contributed by atoms with Gasteiger partial charge in [0.25, 0.3) is 0 Å². The van der Waals surface area contributed by atoms with Crippen molar-refractivity contribution in [2.24, 2.45) is 7.05 Å². The van der Waals surface area contributed by atoms with E-state index in [-0.39, 0.29) is 0 Å². The summed E-state index contributed by atoms with van der Waals surface area (Å²) < 4.78 is 13.9. The first-order valence-corrected chi connectivity index (χ1v) is 10.3. The maximum Gasteiger partial charge on any atom is 0.201 e. The summed E-state index contributed by atoms with van der Waals surface area (Å²) in [6.07, 6.45) is 8.63. The lowest BCUT2D eigenvalue weighted by molar-refractivity contribution is -0.184. The van der Waals surface area contributed by atoms with Gasteiger partial charge in [-0.25, -0.2) is 9.97 Å². The van der Waals surface area contributed by atoms with Crippen LogP contribution in [0.15, 0.2) is 36.7 Å². The highest BCUT2D eigenvalue weighted by molar-refractivity contribution is 7.16. The second-order valence-corrected chi connectivity index (χ2v) is 8.04. The molecular formula is C21H22N4O2S. The molecule has 1 N–H and O–H groups in total. The number of nitrogens with one attached hydrogen (secondary N) is 1. The molecule has 7 heteroatoms. The van der Waals surface area contributed by atoms with Gasteiger partial charge in [0.1, 0.15) is 10.7 Å². The van der Waals surface area contributed by atoms with Crippen LogP contribution in [0.4, 0.5) is 0 Å². The lowest BCUT2D eigenvalue weighted by Crippen LogP contribution is -2.19. The molecule has 0 spiro atoms. The third-order valence-corrected chi connectivity index (χ3v) is 6.32. The second kappa shape index (κ2) is 7.16. The highest BCUT2D eigenvalue weighted by Crippen LogP contribution is 2.36. The molecule has 6 nitrogen and oxygen atoms in total. The Morgan fingerprint density at radius 1 is 1.25 bits per heavy atom. The van der Waals surface area contributed by atoms with E-state index in [0.717, 1.165) is 50.8 Å². The summed E-state index contributed by atoms with van der Waals surface area (Å²) in [5, 5.41) is 5.35. The average molecular weight is 395 g/mol. The first-order valence-electron chi connectivity index (χ1n) is 9.47. The Balaban J connectivity index is 1.63. The Morgan fingerprint density at radius 2 is 2.11 bits per heavy atom. The third kappa shape index (κ3) is 3.05. The molecule has 144 valence electrons. The monoisotopic (exact) mass is 394 g/mol. The summed E-state index contributed by atoms with van der Waals surface area (Å²) >= 11 is 1.68. The smallest absolute Gasteiger partial charge is 0.201 e. The van der Waals surface area contributed by atoms with Crippen LogP contribution in [0.5, 0.6) is 0 Å². The summed E-state index contributed by atoms with van der Waals surface area (Å²) in [7, 11) is 2.05. The van der Waals surface area contributed by atoms with E-state index in [1.54, 1.807) is 11.3 Å². The zero-order valence-electron chi connectivity index (χ0n) is 15.9. The molecule has 1 fully saturated rings. The fourth-order valence-corrected chi connectivity index (χ4v) is 4.66. The van der Waals surface area contributed by atoms with Crippen molar-refractivity contribution in [3.63, 3.8) is 0 Å². The SMILES string of the molecule is Cc1nc(C2=CC=CNC2)sc1-c1cc2c(ccn2C)c(C2OCCCO2)n1. The van der Waals surface area contributed by atoms with Gasteiger partial charge in [0.15, 0.2) is 0 Å². The molecule has 0 radical (unpaired) electrons. The van der Waals surface area contributed by atoms with Crippen LogP contribution in [-0.2, 0) is 16.5 Å². The van der Waals surface area contributed by atoms with E-state index in [9.17, 15) is 0 Å². The van der Waals surface area contributed by atoms with Crippen LogP contribution in [-0.4, -0.2) is 34.3 Å². The van der Waals surface area contributed by atoms with Crippen molar-refractivity contribution in [3.05, 3.63) is 53.1 Å². The zero-order valence-corrected chi connectivity index (χ0v) is 16.8. The first-order chi connectivity index (χ1) is 13.7. The van der Waals surface area contributed by atoms with Crippen molar-refractivity contribution < 1.29 is 9.47 Å². The van der Waals surface area contributed by atoms with Gasteiger partial charge >= 0.3 is 0 Å². The first kappa shape index (κ1) is 17.6. The molecule has 5 heterocycles. The van der Waals surface area contributed by atoms with E-state index < -0.39 is 6.29 Å². The van der Waals surface area contributed by atoms with Gasteiger partial charge in [-0.05, 0) is 37.8 Å². The van der Waals surface area contributed by atoms with Crippen LogP contribution >= 0.6 is 11.3 Å². The van der Waals surface area contributed by atoms with Gasteiger partial charge in [-0.3, -0.25) is 0 Å². The molecule has 0 atom stereocenters. The number of hydrogen-bond acceptors (Lipinski definition) is 6. The number of dihydropyridines is 1. The molecule has 3 aromatic heterocycles. The van der Waals surface area contributed by atoms with E-state index >= 15 is 0 Å². The second-order valence-electron chi connectivity index (χ2n) is 7.04. The molecule has 28 heavy (non-hydrogen) atoms. The molecule has 3 aromatic rings. The van der Waals surface area contributed by atoms with Crippen LogP contribution in [0, 0.1) is 6.92 Å². The fourth-order valence-electron chi connectivity index (χ4n) is 3.61. The van der Waals surface area contributed by atoms with Crippen LogP contribution in [0.25, 0.3) is 27.0 Å². The van der Waals surface area contributed by atoms with Crippen molar-refractivity contribution in [2.45, 2.75) is 19.6 Å². The molecule has 0 aromatic carbocycles. The minimum atomic E-state index is -0.415. The minimum absolute atomic E-state index is 0.415. The van der Waals surface area contributed by atoms with Gasteiger partial charge in [0, 0.05) is 30.7 Å². The van der Waals surface area contributed by atoms with Gasteiger partial charge in [-0.2, -0.15) is 0 Å². The maximum absolute atomic E-state index is 5.87. The number of ether oxygens (including phenoxy) is 2. The molecule has 0 amide bonds. The standard InChI is InChI=1S/C21H22N4O2S/c1-13-19(28-20(23-13)14-5-3-7-22-12-14)16-11-17-15(6-8-25(17)2)18(24-16)21-26-9-4-10-27-21/h3,5-8,11,21-22H,4,9-10,12H2,1-2H3. The van der Waals surface area contributed by atoms with E-state index in [0.29, 0.717) is 13.2 Å². The van der Waals surface area contributed by atoms with Crippen molar-refractivity contribution in [1.82, 2.24) is 19.9 Å². The van der Waals surface area contributed by atoms with E-state index in [1.807, 2.05) is 26.2 Å². The number of thiazole rings is 1. The molecule has 2 aliphatic heterocycles. The Bertz CT molecular complexity index is 1090. The van der Waals surface area contributed by atoms with E-state index in [4.69, 9.17) is 19.4 Å². The molecule has 2 aliphatic rings. The van der Waals surface area contributed by atoms with Crippen molar-refractivity contribution in [1.29, 1.82) is 0 Å². The summed E-state index contributed by atoms with van der Waals surface area (Å²) in [5.41, 5.74) is 5.08. The molecule has 5 rings (SSSR count). The molecule has 0 aliphatic carbocycles. The Kier molecular flexibility index (Phi) is 4.50. The molecule has 0 bridgehead atoms. The summed E-state index contributed by atoms with van der Waals surface area (Å²) in [6, 6.07) is 4.22. The Labute approximate surface area is 167 Å². The average Bonchev–Trinajstić information content (AvgIpc) is 3.32. The summed E-state index contributed by atoms with van der Waals surface area (Å²) in [4.78, 5) is 10.9. The van der Waals surface area contributed by atoms with E-state index in [1.165, 1.54) is 5.57 Å². The van der Waals surface area contributed by atoms with Gasteiger partial charge in [0.2, 0.25) is 6.29 Å². The van der Waals surface area contributed by atoms with Gasteiger partial charge in [0.05, 0.1) is 35.0 Å². The van der Waals surface area contributed by atoms with Gasteiger partial charge in [-0.15, -0.1) is 11.3 Å². The Morgan fingerprint density at radius 3 is 2.89 bits per heavy atom. The quantitative estimate of drug-likeness (QED) is 0.729. The Hall–Kier alpha value is -2.48. The highest BCUT2D eigenvalue weighted by Gasteiger charge is 2.24. The van der Waals surface area contributed by atoms with Crippen LogP contribution in [0.2, 0.25) is 0 Å². The minimum Gasteiger partial charge on any atom is -0.387 e. The number of allylic oxidation sites excluding steroid dienone is 2. The number of pyridine rings is 1. The number of aromatic nitrogens is 3. The molecule has 1 saturated heterocycles. The lowest BCUT2D eigenvalue weighted by Gasteiger charge is -2.23. The summed E-state index contributed by atoms with van der Waals surface area (Å²) in [5.74, 6) is 0. The van der Waals surface area contributed by atoms with Crippen LogP contribution in [0.1, 0.15) is 29.1 Å². The van der Waals surface area contributed by atoms with Gasteiger partial charge < -0.3 is 19.4 Å². The molecular weight excluding hydrogens is 372 g/mol. The number of rotatable bonds is 3. The predicted octanol–water partition coefficient (Wildman–Crippen LogP) is 3.94. The fraction of sp³-hybridized carbons (Fsp3) is 0.333. The highest BCUT2D eigenvalue weighted by atomic mass is 32.1. The maximum atomic E-state index is 5.87. The van der Waals surface area contributed by atoms with E-state index in [2.05, 4.69) is 34.3 Å².